The van der Waals surface area contributed by atoms with Crippen molar-refractivity contribution in [2.24, 2.45) is 5.73 Å². The van der Waals surface area contributed by atoms with E-state index in [0.717, 1.165) is 5.56 Å². The van der Waals surface area contributed by atoms with E-state index in [0.29, 0.717) is 26.2 Å². The van der Waals surface area contributed by atoms with Crippen LogP contribution in [0.2, 0.25) is 0 Å². The molecular formula is C15H22N2O2. The zero-order valence-electron chi connectivity index (χ0n) is 11.6. The van der Waals surface area contributed by atoms with Crippen LogP contribution in [0.5, 0.6) is 0 Å². The van der Waals surface area contributed by atoms with Crippen LogP contribution in [0.3, 0.4) is 0 Å². The van der Waals surface area contributed by atoms with Crippen molar-refractivity contribution in [1.82, 2.24) is 4.90 Å². The molecule has 1 amide bonds. The van der Waals surface area contributed by atoms with Gasteiger partial charge in [-0.05, 0) is 25.8 Å². The van der Waals surface area contributed by atoms with Crippen molar-refractivity contribution in [2.75, 3.05) is 13.2 Å². The minimum atomic E-state index is -0.848. The summed E-state index contributed by atoms with van der Waals surface area (Å²) in [5.74, 6) is -0.0103. The molecule has 1 unspecified atom stereocenters. The summed E-state index contributed by atoms with van der Waals surface area (Å²) in [6.45, 7) is 5.51. The van der Waals surface area contributed by atoms with Gasteiger partial charge in [0.25, 0.3) is 0 Å². The van der Waals surface area contributed by atoms with Crippen molar-refractivity contribution in [3.63, 3.8) is 0 Å². The monoisotopic (exact) mass is 262 g/mol. The van der Waals surface area contributed by atoms with Crippen molar-refractivity contribution >= 4 is 5.91 Å². The van der Waals surface area contributed by atoms with E-state index in [1.165, 1.54) is 0 Å². The predicted molar refractivity (Wildman–Crippen MR) is 74.5 cm³/mol. The second-order valence-corrected chi connectivity index (χ2v) is 5.47. The van der Waals surface area contributed by atoms with Crippen LogP contribution in [-0.2, 0) is 16.1 Å². The highest BCUT2D eigenvalue weighted by molar-refractivity contribution is 5.86. The lowest BCUT2D eigenvalue weighted by Gasteiger charge is -2.33. The van der Waals surface area contributed by atoms with Crippen molar-refractivity contribution in [3.8, 4) is 0 Å². The summed E-state index contributed by atoms with van der Waals surface area (Å²) in [6.07, 6.45) is 0.601. The molecule has 0 bridgehead atoms. The third kappa shape index (κ3) is 3.14. The lowest BCUT2D eigenvalue weighted by molar-refractivity contribution is -0.139. The minimum Gasteiger partial charge on any atom is -0.379 e. The van der Waals surface area contributed by atoms with E-state index < -0.39 is 5.54 Å². The van der Waals surface area contributed by atoms with E-state index in [1.54, 1.807) is 0 Å². The van der Waals surface area contributed by atoms with Crippen molar-refractivity contribution in [3.05, 3.63) is 35.9 Å². The number of amides is 1. The molecule has 0 aromatic heterocycles. The smallest absolute Gasteiger partial charge is 0.245 e. The summed E-state index contributed by atoms with van der Waals surface area (Å²) in [4.78, 5) is 14.5. The van der Waals surface area contributed by atoms with Crippen LogP contribution in [0.1, 0.15) is 25.8 Å². The molecular weight excluding hydrogens is 240 g/mol. The summed E-state index contributed by atoms with van der Waals surface area (Å²) in [6, 6.07) is 10.1. The van der Waals surface area contributed by atoms with Gasteiger partial charge in [0.2, 0.25) is 5.91 Å². The SMILES string of the molecule is CC(C)N(Cc1ccccc1)C(=O)C1(N)CCOC1. The lowest BCUT2D eigenvalue weighted by Crippen LogP contribution is -2.57. The van der Waals surface area contributed by atoms with Crippen LogP contribution >= 0.6 is 0 Å². The topological polar surface area (TPSA) is 55.6 Å². The van der Waals surface area contributed by atoms with Crippen LogP contribution < -0.4 is 5.73 Å². The van der Waals surface area contributed by atoms with E-state index in [-0.39, 0.29) is 11.9 Å². The van der Waals surface area contributed by atoms with Gasteiger partial charge in [0.15, 0.2) is 0 Å². The number of ether oxygens (including phenoxy) is 1. The molecule has 0 radical (unpaired) electrons. The van der Waals surface area contributed by atoms with Gasteiger partial charge in [0.1, 0.15) is 5.54 Å². The summed E-state index contributed by atoms with van der Waals surface area (Å²) < 4.78 is 5.29. The molecule has 1 heterocycles. The van der Waals surface area contributed by atoms with E-state index in [2.05, 4.69) is 0 Å². The van der Waals surface area contributed by atoms with Crippen LogP contribution in [0.4, 0.5) is 0 Å². The molecule has 1 aromatic carbocycles. The number of benzene rings is 1. The van der Waals surface area contributed by atoms with Gasteiger partial charge in [-0.1, -0.05) is 30.3 Å². The number of hydrogen-bond donors (Lipinski definition) is 1. The molecule has 0 saturated carbocycles. The van der Waals surface area contributed by atoms with Gasteiger partial charge in [-0.15, -0.1) is 0 Å². The molecule has 19 heavy (non-hydrogen) atoms. The number of carbonyl (C=O) groups is 1. The Morgan fingerprint density at radius 2 is 2.11 bits per heavy atom. The maximum Gasteiger partial charge on any atom is 0.245 e. The summed E-state index contributed by atoms with van der Waals surface area (Å²) in [7, 11) is 0. The molecule has 104 valence electrons. The Morgan fingerprint density at radius 3 is 2.63 bits per heavy atom. The fraction of sp³-hybridized carbons (Fsp3) is 0.533. The highest BCUT2D eigenvalue weighted by Crippen LogP contribution is 2.21. The molecule has 2 rings (SSSR count). The van der Waals surface area contributed by atoms with Crippen LogP contribution in [0, 0.1) is 0 Å². The molecule has 2 N–H and O–H groups in total. The molecule has 0 spiro atoms. The molecule has 1 aliphatic rings. The van der Waals surface area contributed by atoms with Gasteiger partial charge in [0, 0.05) is 19.2 Å². The molecule has 1 aliphatic heterocycles. The van der Waals surface area contributed by atoms with Crippen LogP contribution in [-0.4, -0.2) is 35.6 Å². The summed E-state index contributed by atoms with van der Waals surface area (Å²) in [5, 5.41) is 0. The first kappa shape index (κ1) is 14.0. The molecule has 0 aliphatic carbocycles. The fourth-order valence-electron chi connectivity index (χ4n) is 2.30. The second kappa shape index (κ2) is 5.72. The maximum absolute atomic E-state index is 12.6. The Bertz CT molecular complexity index is 425. The van der Waals surface area contributed by atoms with Gasteiger partial charge < -0.3 is 15.4 Å². The molecule has 4 nitrogen and oxygen atoms in total. The Balaban J connectivity index is 2.14. The predicted octanol–water partition coefficient (Wildman–Crippen LogP) is 1.54. The number of hydrogen-bond acceptors (Lipinski definition) is 3. The van der Waals surface area contributed by atoms with Gasteiger partial charge in [-0.3, -0.25) is 4.79 Å². The average Bonchev–Trinajstić information content (AvgIpc) is 2.84. The van der Waals surface area contributed by atoms with Crippen molar-refractivity contribution in [2.45, 2.75) is 38.4 Å². The third-order valence-electron chi connectivity index (χ3n) is 3.56. The number of carbonyl (C=O) groups excluding carboxylic acids is 1. The Kier molecular flexibility index (Phi) is 4.22. The van der Waals surface area contributed by atoms with E-state index in [1.807, 2.05) is 49.1 Å². The Morgan fingerprint density at radius 1 is 1.42 bits per heavy atom. The van der Waals surface area contributed by atoms with E-state index in [9.17, 15) is 4.79 Å². The molecule has 4 heteroatoms. The fourth-order valence-corrected chi connectivity index (χ4v) is 2.30. The largest absolute Gasteiger partial charge is 0.379 e. The lowest BCUT2D eigenvalue weighted by atomic mass is 9.97. The first-order valence-corrected chi connectivity index (χ1v) is 6.74. The molecule has 1 saturated heterocycles. The zero-order valence-corrected chi connectivity index (χ0v) is 11.6. The number of rotatable bonds is 4. The first-order chi connectivity index (χ1) is 9.03. The molecule has 1 fully saturated rings. The van der Waals surface area contributed by atoms with Crippen LogP contribution in [0.25, 0.3) is 0 Å². The van der Waals surface area contributed by atoms with Gasteiger partial charge in [-0.25, -0.2) is 0 Å². The normalized spacial score (nSPS) is 22.7. The highest BCUT2D eigenvalue weighted by atomic mass is 16.5. The highest BCUT2D eigenvalue weighted by Gasteiger charge is 2.41. The van der Waals surface area contributed by atoms with E-state index in [4.69, 9.17) is 10.5 Å². The van der Waals surface area contributed by atoms with E-state index >= 15 is 0 Å². The number of nitrogens with two attached hydrogens (primary N) is 1. The Hall–Kier alpha value is -1.39. The number of nitrogens with zero attached hydrogens (tertiary/aromatic N) is 1. The minimum absolute atomic E-state index is 0.0103. The zero-order chi connectivity index (χ0) is 13.9. The molecule has 1 aromatic rings. The maximum atomic E-state index is 12.6. The summed E-state index contributed by atoms with van der Waals surface area (Å²) >= 11 is 0. The first-order valence-electron chi connectivity index (χ1n) is 6.74. The third-order valence-corrected chi connectivity index (χ3v) is 3.56. The standard InChI is InChI=1S/C15H22N2O2/c1-12(2)17(10-13-6-4-3-5-7-13)14(18)15(16)8-9-19-11-15/h3-7,12H,8-11,16H2,1-2H3. The second-order valence-electron chi connectivity index (χ2n) is 5.47. The Labute approximate surface area is 114 Å². The van der Waals surface area contributed by atoms with Crippen molar-refractivity contribution < 1.29 is 9.53 Å². The van der Waals surface area contributed by atoms with Crippen LogP contribution in [0.15, 0.2) is 30.3 Å². The van der Waals surface area contributed by atoms with Gasteiger partial charge in [-0.2, -0.15) is 0 Å². The summed E-state index contributed by atoms with van der Waals surface area (Å²) in [5.41, 5.74) is 6.45. The van der Waals surface area contributed by atoms with Gasteiger partial charge in [0.05, 0.1) is 6.61 Å². The average molecular weight is 262 g/mol. The van der Waals surface area contributed by atoms with Crippen molar-refractivity contribution in [1.29, 1.82) is 0 Å². The van der Waals surface area contributed by atoms with Gasteiger partial charge >= 0.3 is 0 Å². The molecule has 1 atom stereocenters. The quantitative estimate of drug-likeness (QED) is 0.895.